The van der Waals surface area contributed by atoms with Gasteiger partial charge < -0.3 is 21.3 Å². The lowest BCUT2D eigenvalue weighted by atomic mass is 9.69. The van der Waals surface area contributed by atoms with E-state index >= 15 is 4.39 Å². The maximum Gasteiger partial charge on any atom is 0.339 e. The van der Waals surface area contributed by atoms with E-state index in [0.717, 1.165) is 6.07 Å². The molecule has 3 aliphatic rings. The fourth-order valence-electron chi connectivity index (χ4n) is 4.95. The number of hydrogen-bond acceptors (Lipinski definition) is 5. The summed E-state index contributed by atoms with van der Waals surface area (Å²) in [6.45, 7) is 3.53. The molecule has 31 heavy (non-hydrogen) atoms. The second kappa shape index (κ2) is 7.60. The lowest BCUT2D eigenvalue weighted by Gasteiger charge is -2.38. The maximum absolute atomic E-state index is 15.2. The second-order valence-electron chi connectivity index (χ2n) is 8.40. The molecule has 0 bridgehead atoms. The molecular weight excluding hydrogens is 406 g/mol. The van der Waals surface area contributed by atoms with Gasteiger partial charge in [-0.1, -0.05) is 13.0 Å². The average Bonchev–Trinajstić information content (AvgIpc) is 2.68. The van der Waals surface area contributed by atoms with Gasteiger partial charge in [0, 0.05) is 11.5 Å². The van der Waals surface area contributed by atoms with Crippen LogP contribution in [0.3, 0.4) is 0 Å². The van der Waals surface area contributed by atoms with Crippen molar-refractivity contribution in [3.05, 3.63) is 69.1 Å². The Morgan fingerprint density at radius 1 is 1.29 bits per heavy atom. The summed E-state index contributed by atoms with van der Waals surface area (Å²) in [6, 6.07) is 0.512. The Morgan fingerprint density at radius 2 is 1.97 bits per heavy atom. The number of halogens is 2. The van der Waals surface area contributed by atoms with Crippen molar-refractivity contribution in [3.8, 4) is 0 Å². The van der Waals surface area contributed by atoms with E-state index in [-0.39, 0.29) is 17.3 Å². The lowest BCUT2D eigenvalue weighted by Crippen LogP contribution is -2.42. The second-order valence-corrected chi connectivity index (χ2v) is 8.40. The van der Waals surface area contributed by atoms with Gasteiger partial charge in [-0.3, -0.25) is 4.79 Å². The van der Waals surface area contributed by atoms with E-state index in [1.807, 2.05) is 6.92 Å². The van der Waals surface area contributed by atoms with Crippen molar-refractivity contribution < 1.29 is 28.6 Å². The van der Waals surface area contributed by atoms with E-state index in [4.69, 9.17) is 5.73 Å². The van der Waals surface area contributed by atoms with Crippen molar-refractivity contribution in [1.29, 1.82) is 0 Å². The number of fused-ring (bicyclic) bond motifs is 1. The van der Waals surface area contributed by atoms with Gasteiger partial charge in [0.05, 0.1) is 12.1 Å². The highest BCUT2D eigenvalue weighted by Crippen LogP contribution is 2.46. The van der Waals surface area contributed by atoms with E-state index in [1.54, 1.807) is 6.92 Å². The van der Waals surface area contributed by atoms with Gasteiger partial charge in [-0.15, -0.1) is 0 Å². The summed E-state index contributed by atoms with van der Waals surface area (Å²) < 4.78 is 29.1. The number of allylic oxidation sites excluding steroid dienone is 2. The smallest absolute Gasteiger partial charge is 0.339 e. The number of carbonyl (C=O) groups excluding carboxylic acids is 1. The third kappa shape index (κ3) is 3.35. The Hall–Kier alpha value is -3.00. The number of aliphatic carboxylic acids is 1. The molecule has 1 saturated carbocycles. The van der Waals surface area contributed by atoms with Crippen molar-refractivity contribution in [2.24, 2.45) is 5.73 Å². The summed E-state index contributed by atoms with van der Waals surface area (Å²) in [6.07, 6.45) is 3.42. The summed E-state index contributed by atoms with van der Waals surface area (Å²) >= 11 is 0. The molecule has 1 heterocycles. The van der Waals surface area contributed by atoms with Gasteiger partial charge >= 0.3 is 5.97 Å². The summed E-state index contributed by atoms with van der Waals surface area (Å²) in [5, 5.41) is 22.2. The van der Waals surface area contributed by atoms with Crippen molar-refractivity contribution in [3.63, 3.8) is 0 Å². The van der Waals surface area contributed by atoms with Crippen molar-refractivity contribution in [2.45, 2.75) is 57.1 Å². The number of carboxylic acids is 1. The van der Waals surface area contributed by atoms with E-state index in [2.05, 4.69) is 5.32 Å². The van der Waals surface area contributed by atoms with Crippen molar-refractivity contribution in [2.75, 3.05) is 0 Å². The number of nitrogens with one attached hydrogen (secondary N) is 1. The highest BCUT2D eigenvalue weighted by Gasteiger charge is 2.41. The molecule has 0 spiro atoms. The first kappa shape index (κ1) is 21.2. The van der Waals surface area contributed by atoms with E-state index in [1.165, 1.54) is 12.2 Å². The zero-order valence-electron chi connectivity index (χ0n) is 17.2. The number of ketones is 1. The number of Topliss-reactive ketones (excluding diaryl/α,β-unsaturated/α-hetero) is 1. The molecule has 1 aliphatic heterocycles. The van der Waals surface area contributed by atoms with Crippen LogP contribution >= 0.6 is 0 Å². The van der Waals surface area contributed by atoms with Gasteiger partial charge in [0.15, 0.2) is 11.6 Å². The Kier molecular flexibility index (Phi) is 5.21. The van der Waals surface area contributed by atoms with E-state index < -0.39 is 47.0 Å². The molecule has 5 N–H and O–H groups in total. The topological polar surface area (TPSA) is 113 Å². The third-order valence-corrected chi connectivity index (χ3v) is 6.52. The van der Waals surface area contributed by atoms with Gasteiger partial charge in [-0.2, -0.15) is 0 Å². The van der Waals surface area contributed by atoms with E-state index in [9.17, 15) is 24.2 Å². The summed E-state index contributed by atoms with van der Waals surface area (Å²) in [4.78, 5) is 24.7. The van der Waals surface area contributed by atoms with Crippen LogP contribution in [0.4, 0.5) is 8.78 Å². The molecule has 8 heteroatoms. The molecule has 0 radical (unpaired) electrons. The number of hydrogen-bond donors (Lipinski definition) is 4. The number of dihydropyridines is 1. The SMILES string of the molecule is CCc1c(C2CC(O)C2)c(F)cc2c1C(C1NC(N)=C(F)C=C1C)C=C(C(=O)O)C2=O. The fraction of sp³-hybridized carbons (Fsp3) is 0.391. The van der Waals surface area contributed by atoms with Gasteiger partial charge in [-0.05, 0) is 66.5 Å². The number of benzene rings is 1. The number of carboxylic acid groups (broad SMARTS) is 1. The molecule has 164 valence electrons. The predicted molar refractivity (Wildman–Crippen MR) is 110 cm³/mol. The number of aliphatic hydroxyl groups excluding tert-OH is 1. The van der Waals surface area contributed by atoms with Gasteiger partial charge in [0.25, 0.3) is 0 Å². The average molecular weight is 430 g/mol. The highest BCUT2D eigenvalue weighted by atomic mass is 19.1. The zero-order chi connectivity index (χ0) is 22.6. The quantitative estimate of drug-likeness (QED) is 0.547. The molecule has 6 nitrogen and oxygen atoms in total. The van der Waals surface area contributed by atoms with Crippen LogP contribution in [0, 0.1) is 5.82 Å². The molecular formula is C23H24F2N2O4. The summed E-state index contributed by atoms with van der Waals surface area (Å²) in [5.74, 6) is -4.36. The van der Waals surface area contributed by atoms with Crippen molar-refractivity contribution in [1.82, 2.24) is 5.32 Å². The molecule has 0 amide bonds. The molecule has 0 saturated heterocycles. The molecule has 1 aromatic carbocycles. The molecule has 2 unspecified atom stereocenters. The minimum absolute atomic E-state index is 0.00562. The Balaban J connectivity index is 1.94. The van der Waals surface area contributed by atoms with Crippen LogP contribution < -0.4 is 11.1 Å². The van der Waals surface area contributed by atoms with Gasteiger partial charge in [-0.25, -0.2) is 13.6 Å². The van der Waals surface area contributed by atoms with E-state index in [0.29, 0.717) is 41.5 Å². The first-order valence-electron chi connectivity index (χ1n) is 10.3. The van der Waals surface area contributed by atoms with Crippen LogP contribution in [0.25, 0.3) is 0 Å². The zero-order valence-corrected chi connectivity index (χ0v) is 17.2. The molecule has 1 fully saturated rings. The standard InChI is InChI=1S/C23H24F2N2O4/c1-3-12-18(10-5-11(28)6-10)16(24)8-14-19(12)13(7-15(21(14)29)23(30)31)20-9(2)4-17(25)22(26)27-20/h4,7-8,10-11,13,20,27-28H,3,5-6,26H2,1-2H3,(H,30,31). The number of nitrogens with two attached hydrogens (primary N) is 1. The monoisotopic (exact) mass is 430 g/mol. The first-order valence-corrected chi connectivity index (χ1v) is 10.3. The lowest BCUT2D eigenvalue weighted by molar-refractivity contribution is -0.132. The Labute approximate surface area is 178 Å². The highest BCUT2D eigenvalue weighted by molar-refractivity contribution is 6.25. The summed E-state index contributed by atoms with van der Waals surface area (Å²) in [7, 11) is 0. The van der Waals surface area contributed by atoms with Crippen molar-refractivity contribution >= 4 is 11.8 Å². The number of aliphatic hydroxyl groups is 1. The summed E-state index contributed by atoms with van der Waals surface area (Å²) in [5.41, 5.74) is 7.52. The fourth-order valence-corrected chi connectivity index (χ4v) is 4.95. The van der Waals surface area contributed by atoms with Gasteiger partial charge in [0.2, 0.25) is 0 Å². The van der Waals surface area contributed by atoms with Crippen LogP contribution in [0.1, 0.15) is 65.6 Å². The predicted octanol–water partition coefficient (Wildman–Crippen LogP) is 2.93. The number of rotatable bonds is 4. The first-order chi connectivity index (χ1) is 14.6. The maximum atomic E-state index is 15.2. The Morgan fingerprint density at radius 3 is 2.55 bits per heavy atom. The van der Waals surface area contributed by atoms with Crippen LogP contribution in [0.15, 0.2) is 41.0 Å². The molecule has 2 atom stereocenters. The minimum atomic E-state index is -1.41. The van der Waals surface area contributed by atoms with Crippen LogP contribution in [0.5, 0.6) is 0 Å². The number of carbonyl (C=O) groups is 2. The minimum Gasteiger partial charge on any atom is -0.478 e. The van der Waals surface area contributed by atoms with Crippen LogP contribution in [-0.2, 0) is 11.2 Å². The van der Waals surface area contributed by atoms with Gasteiger partial charge in [0.1, 0.15) is 17.2 Å². The molecule has 1 aromatic rings. The third-order valence-electron chi connectivity index (χ3n) is 6.52. The normalized spacial score (nSPS) is 27.7. The largest absolute Gasteiger partial charge is 0.478 e. The molecule has 4 rings (SSSR count). The molecule has 2 aliphatic carbocycles. The molecule has 0 aromatic heterocycles. The Bertz CT molecular complexity index is 1080. The van der Waals surface area contributed by atoms with Crippen LogP contribution in [-0.4, -0.2) is 34.1 Å². The van der Waals surface area contributed by atoms with Crippen LogP contribution in [0.2, 0.25) is 0 Å².